The van der Waals surface area contributed by atoms with Gasteiger partial charge in [-0.3, -0.25) is 14.2 Å². The molecular weight excluding hydrogens is 394 g/mol. The number of rotatable bonds is 3. The first-order chi connectivity index (χ1) is 14.6. The van der Waals surface area contributed by atoms with Crippen LogP contribution in [0.15, 0.2) is 70.6 Å². The van der Waals surface area contributed by atoms with Crippen molar-refractivity contribution in [3.8, 4) is 0 Å². The van der Waals surface area contributed by atoms with E-state index in [1.165, 1.54) is 17.3 Å². The quantitative estimate of drug-likeness (QED) is 0.286. The third kappa shape index (κ3) is 3.27. The molecule has 5 nitrogen and oxygen atoms in total. The van der Waals surface area contributed by atoms with Crippen LogP contribution in [0.25, 0.3) is 21.7 Å². The van der Waals surface area contributed by atoms with Crippen LogP contribution in [0.4, 0.5) is 5.69 Å². The Morgan fingerprint density at radius 1 is 1.07 bits per heavy atom. The molecule has 0 radical (unpaired) electrons. The summed E-state index contributed by atoms with van der Waals surface area (Å²) in [7, 11) is 1.72. The van der Waals surface area contributed by atoms with Crippen LogP contribution in [0.5, 0.6) is 0 Å². The van der Waals surface area contributed by atoms with Crippen molar-refractivity contribution < 1.29 is 4.79 Å². The molecule has 150 valence electrons. The average Bonchev–Trinajstić information content (AvgIpc) is 2.79. The standard InChI is InChI=1S/C24H21N3O2S/c1-26-23(29)19-13-17-8-2-3-9-18(17)14-20(19)25-24(26)30-15-22(28)27-12-6-10-16-7-4-5-11-21(16)27/h2-5,7-9,11,13-14H,6,10,12,15H2,1H3. The number of benzene rings is 3. The van der Waals surface area contributed by atoms with Gasteiger partial charge in [0.15, 0.2) is 5.16 Å². The number of hydrogen-bond donors (Lipinski definition) is 0. The van der Waals surface area contributed by atoms with Gasteiger partial charge in [-0.05, 0) is 47.4 Å². The zero-order valence-electron chi connectivity index (χ0n) is 16.7. The summed E-state index contributed by atoms with van der Waals surface area (Å²) in [4.78, 5) is 32.4. The van der Waals surface area contributed by atoms with Crippen molar-refractivity contribution in [2.45, 2.75) is 18.0 Å². The Labute approximate surface area is 178 Å². The normalized spacial score (nSPS) is 13.6. The molecule has 2 heterocycles. The molecule has 0 bridgehead atoms. The fourth-order valence-corrected chi connectivity index (χ4v) is 4.91. The molecule has 0 spiro atoms. The summed E-state index contributed by atoms with van der Waals surface area (Å²) >= 11 is 1.32. The summed E-state index contributed by atoms with van der Waals surface area (Å²) in [6.07, 6.45) is 1.97. The molecule has 1 aromatic heterocycles. The van der Waals surface area contributed by atoms with E-state index < -0.39 is 0 Å². The lowest BCUT2D eigenvalue weighted by molar-refractivity contribution is -0.116. The average molecular weight is 416 g/mol. The Bertz CT molecular complexity index is 1350. The largest absolute Gasteiger partial charge is 0.311 e. The van der Waals surface area contributed by atoms with Crippen molar-refractivity contribution in [3.63, 3.8) is 0 Å². The van der Waals surface area contributed by atoms with Gasteiger partial charge in [0, 0.05) is 19.3 Å². The highest BCUT2D eigenvalue weighted by Gasteiger charge is 2.22. The molecule has 0 N–H and O–H groups in total. The maximum atomic E-state index is 13.0. The lowest BCUT2D eigenvalue weighted by Gasteiger charge is -2.29. The van der Waals surface area contributed by atoms with Gasteiger partial charge in [0.2, 0.25) is 5.91 Å². The maximum Gasteiger partial charge on any atom is 0.261 e. The molecule has 0 aliphatic carbocycles. The highest BCUT2D eigenvalue weighted by Crippen LogP contribution is 2.28. The van der Waals surface area contributed by atoms with Crippen LogP contribution in [-0.2, 0) is 18.3 Å². The second kappa shape index (κ2) is 7.61. The Balaban J connectivity index is 1.44. The van der Waals surface area contributed by atoms with E-state index in [2.05, 4.69) is 6.07 Å². The minimum atomic E-state index is -0.0935. The topological polar surface area (TPSA) is 55.2 Å². The molecule has 0 unspecified atom stereocenters. The third-order valence-corrected chi connectivity index (χ3v) is 6.65. The number of aromatic nitrogens is 2. The predicted molar refractivity (Wildman–Crippen MR) is 122 cm³/mol. The van der Waals surface area contributed by atoms with Crippen LogP contribution in [0.3, 0.4) is 0 Å². The molecule has 1 aliphatic rings. The molecule has 0 atom stereocenters. The zero-order valence-corrected chi connectivity index (χ0v) is 17.5. The van der Waals surface area contributed by atoms with Crippen LogP contribution >= 0.6 is 11.8 Å². The van der Waals surface area contributed by atoms with E-state index in [-0.39, 0.29) is 17.2 Å². The Morgan fingerprint density at radius 2 is 1.80 bits per heavy atom. The molecule has 1 aliphatic heterocycles. The fourth-order valence-electron chi connectivity index (χ4n) is 4.06. The summed E-state index contributed by atoms with van der Waals surface area (Å²) in [5.74, 6) is 0.285. The minimum absolute atomic E-state index is 0.0417. The van der Waals surface area contributed by atoms with Crippen molar-refractivity contribution >= 4 is 45.0 Å². The first-order valence-electron chi connectivity index (χ1n) is 10.0. The van der Waals surface area contributed by atoms with E-state index in [1.54, 1.807) is 11.6 Å². The number of nitrogens with zero attached hydrogens (tertiary/aromatic N) is 3. The first kappa shape index (κ1) is 18.9. The van der Waals surface area contributed by atoms with E-state index in [1.807, 2.05) is 59.5 Å². The van der Waals surface area contributed by atoms with Crippen molar-refractivity contribution in [3.05, 3.63) is 76.6 Å². The van der Waals surface area contributed by atoms with Gasteiger partial charge in [0.1, 0.15) is 0 Å². The van der Waals surface area contributed by atoms with E-state index in [9.17, 15) is 9.59 Å². The molecule has 4 aromatic rings. The molecule has 0 saturated carbocycles. The highest BCUT2D eigenvalue weighted by molar-refractivity contribution is 7.99. The van der Waals surface area contributed by atoms with Crippen LogP contribution in [0.2, 0.25) is 0 Å². The Kier molecular flexibility index (Phi) is 4.79. The Hall–Kier alpha value is -3.12. The van der Waals surface area contributed by atoms with Gasteiger partial charge in [-0.25, -0.2) is 4.98 Å². The molecule has 30 heavy (non-hydrogen) atoms. The summed E-state index contributed by atoms with van der Waals surface area (Å²) in [5.41, 5.74) is 2.78. The van der Waals surface area contributed by atoms with Gasteiger partial charge in [-0.1, -0.05) is 54.2 Å². The predicted octanol–water partition coefficient (Wildman–Crippen LogP) is 4.16. The molecular formula is C24H21N3O2S. The number of thioether (sulfide) groups is 1. The van der Waals surface area contributed by atoms with Gasteiger partial charge in [-0.2, -0.15) is 0 Å². The summed E-state index contributed by atoms with van der Waals surface area (Å²) < 4.78 is 1.54. The molecule has 1 amide bonds. The summed E-state index contributed by atoms with van der Waals surface area (Å²) in [6, 6.07) is 19.8. The number of hydrogen-bond acceptors (Lipinski definition) is 4. The zero-order chi connectivity index (χ0) is 20.7. The monoisotopic (exact) mass is 415 g/mol. The number of amides is 1. The number of para-hydroxylation sites is 1. The van der Waals surface area contributed by atoms with E-state index in [0.717, 1.165) is 35.8 Å². The van der Waals surface area contributed by atoms with Gasteiger partial charge in [-0.15, -0.1) is 0 Å². The molecule has 0 fully saturated rings. The number of anilines is 1. The lowest BCUT2D eigenvalue weighted by Crippen LogP contribution is -2.36. The van der Waals surface area contributed by atoms with Crippen LogP contribution in [0.1, 0.15) is 12.0 Å². The number of carbonyl (C=O) groups excluding carboxylic acids is 1. The third-order valence-electron chi connectivity index (χ3n) is 5.64. The fraction of sp³-hybridized carbons (Fsp3) is 0.208. The molecule has 3 aromatic carbocycles. The van der Waals surface area contributed by atoms with Crippen LogP contribution in [-0.4, -0.2) is 27.8 Å². The summed E-state index contributed by atoms with van der Waals surface area (Å²) in [6.45, 7) is 0.729. The minimum Gasteiger partial charge on any atom is -0.311 e. The lowest BCUT2D eigenvalue weighted by atomic mass is 10.0. The summed E-state index contributed by atoms with van der Waals surface area (Å²) in [5, 5.41) is 3.21. The number of aryl methyl sites for hydroxylation is 1. The van der Waals surface area contributed by atoms with Crippen LogP contribution < -0.4 is 10.5 Å². The number of fused-ring (bicyclic) bond motifs is 3. The van der Waals surface area contributed by atoms with Crippen LogP contribution in [0, 0.1) is 0 Å². The van der Waals surface area contributed by atoms with Crippen molar-refractivity contribution in [2.24, 2.45) is 7.05 Å². The Morgan fingerprint density at radius 3 is 2.63 bits per heavy atom. The number of carbonyl (C=O) groups is 1. The molecule has 0 saturated heterocycles. The highest BCUT2D eigenvalue weighted by atomic mass is 32.2. The van der Waals surface area contributed by atoms with Crippen molar-refractivity contribution in [1.29, 1.82) is 0 Å². The van der Waals surface area contributed by atoms with Gasteiger partial charge in [0.25, 0.3) is 5.56 Å². The van der Waals surface area contributed by atoms with Gasteiger partial charge < -0.3 is 4.90 Å². The van der Waals surface area contributed by atoms with Crippen molar-refractivity contribution in [1.82, 2.24) is 9.55 Å². The second-order valence-corrected chi connectivity index (χ2v) is 8.48. The van der Waals surface area contributed by atoms with E-state index in [0.29, 0.717) is 16.1 Å². The second-order valence-electron chi connectivity index (χ2n) is 7.54. The molecule has 6 heteroatoms. The smallest absolute Gasteiger partial charge is 0.261 e. The van der Waals surface area contributed by atoms with Gasteiger partial charge in [0.05, 0.1) is 16.7 Å². The van der Waals surface area contributed by atoms with E-state index in [4.69, 9.17) is 4.98 Å². The van der Waals surface area contributed by atoms with E-state index >= 15 is 0 Å². The molecule has 5 rings (SSSR count). The van der Waals surface area contributed by atoms with Crippen molar-refractivity contribution in [2.75, 3.05) is 17.2 Å². The first-order valence-corrected chi connectivity index (χ1v) is 11.0. The SMILES string of the molecule is Cn1c(SCC(=O)N2CCCc3ccccc32)nc2cc3ccccc3cc2c1=O. The van der Waals surface area contributed by atoms with Gasteiger partial charge >= 0.3 is 0 Å². The maximum absolute atomic E-state index is 13.0.